The summed E-state index contributed by atoms with van der Waals surface area (Å²) in [7, 11) is -0.666. The lowest BCUT2D eigenvalue weighted by Gasteiger charge is -2.32. The molecule has 2 rings (SSSR count). The molecule has 0 saturated carbocycles. The Kier molecular flexibility index (Phi) is 4.92. The van der Waals surface area contributed by atoms with Crippen molar-refractivity contribution in [3.63, 3.8) is 0 Å². The zero-order valence-corrected chi connectivity index (χ0v) is 15.9. The van der Waals surface area contributed by atoms with Crippen LogP contribution in [0.3, 0.4) is 0 Å². The van der Waals surface area contributed by atoms with E-state index in [-0.39, 0.29) is 5.15 Å². The Morgan fingerprint density at radius 3 is 2.29 bits per heavy atom. The average molecular weight is 355 g/mol. The molecule has 0 radical (unpaired) electrons. The van der Waals surface area contributed by atoms with Gasteiger partial charge in [0.2, 0.25) is 0 Å². The molecular weight excluding hydrogens is 330 g/mol. The third-order valence-corrected chi connectivity index (χ3v) is 4.25. The van der Waals surface area contributed by atoms with Gasteiger partial charge >= 0.3 is 13.2 Å². The van der Waals surface area contributed by atoms with Crippen molar-refractivity contribution >= 4 is 36.0 Å². The largest absolute Gasteiger partial charge is 0.497 e. The number of hydrogen-bond acceptors (Lipinski definition) is 5. The minimum atomic E-state index is -0.666. The summed E-state index contributed by atoms with van der Waals surface area (Å²) in [4.78, 5) is 16.1. The van der Waals surface area contributed by atoms with Crippen molar-refractivity contribution in [1.29, 1.82) is 0 Å². The lowest BCUT2D eigenvalue weighted by atomic mass is 9.78. The van der Waals surface area contributed by atoms with Crippen LogP contribution in [0.1, 0.15) is 48.5 Å². The number of carbonyl (C=O) groups is 1. The van der Waals surface area contributed by atoms with Gasteiger partial charge in [-0.1, -0.05) is 11.6 Å². The average Bonchev–Trinajstić information content (AvgIpc) is 2.58. The Morgan fingerprint density at radius 1 is 1.25 bits per heavy atom. The topological polar surface area (TPSA) is 69.7 Å². The molecular formula is C16H24BClN2O4. The predicted molar refractivity (Wildman–Crippen MR) is 94.8 cm³/mol. The van der Waals surface area contributed by atoms with Gasteiger partial charge < -0.3 is 14.0 Å². The zero-order chi connectivity index (χ0) is 18.3. The minimum Gasteiger partial charge on any atom is -0.444 e. The van der Waals surface area contributed by atoms with Gasteiger partial charge in [-0.15, -0.1) is 0 Å². The number of nitrogens with zero attached hydrogens (tertiary/aromatic N) is 1. The van der Waals surface area contributed by atoms with Crippen LogP contribution in [0.4, 0.5) is 10.5 Å². The molecule has 0 aliphatic carbocycles. The molecule has 24 heavy (non-hydrogen) atoms. The van der Waals surface area contributed by atoms with Crippen LogP contribution in [0.2, 0.25) is 5.15 Å². The summed E-state index contributed by atoms with van der Waals surface area (Å²) in [5.41, 5.74) is -0.576. The zero-order valence-electron chi connectivity index (χ0n) is 15.2. The summed E-state index contributed by atoms with van der Waals surface area (Å²) in [6.07, 6.45) is 0.886. The van der Waals surface area contributed by atoms with Gasteiger partial charge in [-0.05, 0) is 54.5 Å². The summed E-state index contributed by atoms with van der Waals surface area (Å²) in [6.45, 7) is 13.2. The molecule has 0 atom stereocenters. The van der Waals surface area contributed by atoms with Gasteiger partial charge in [0.05, 0.1) is 23.1 Å². The Balaban J connectivity index is 2.28. The van der Waals surface area contributed by atoms with Crippen molar-refractivity contribution in [3.05, 3.63) is 17.4 Å². The van der Waals surface area contributed by atoms with E-state index in [1.807, 2.05) is 27.7 Å². The van der Waals surface area contributed by atoms with E-state index in [9.17, 15) is 4.79 Å². The number of hydrogen-bond donors (Lipinski definition) is 1. The van der Waals surface area contributed by atoms with Gasteiger partial charge in [-0.3, -0.25) is 5.32 Å². The second kappa shape index (κ2) is 6.21. The van der Waals surface area contributed by atoms with Gasteiger partial charge in [-0.25, -0.2) is 9.78 Å². The molecule has 6 nitrogen and oxygen atoms in total. The van der Waals surface area contributed by atoms with Gasteiger partial charge in [-0.2, -0.15) is 0 Å². The van der Waals surface area contributed by atoms with Crippen molar-refractivity contribution in [1.82, 2.24) is 4.98 Å². The molecule has 1 aliphatic rings. The number of rotatable bonds is 2. The monoisotopic (exact) mass is 354 g/mol. The van der Waals surface area contributed by atoms with Gasteiger partial charge in [0, 0.05) is 5.46 Å². The molecule has 0 spiro atoms. The van der Waals surface area contributed by atoms with Crippen LogP contribution in [0.5, 0.6) is 0 Å². The molecule has 2 heterocycles. The molecule has 1 saturated heterocycles. The highest BCUT2D eigenvalue weighted by molar-refractivity contribution is 6.64. The highest BCUT2D eigenvalue weighted by Gasteiger charge is 2.52. The van der Waals surface area contributed by atoms with E-state index in [0.29, 0.717) is 11.2 Å². The Hall–Kier alpha value is -1.31. The second-order valence-electron chi connectivity index (χ2n) is 7.81. The third kappa shape index (κ3) is 4.20. The third-order valence-electron chi connectivity index (χ3n) is 4.05. The quantitative estimate of drug-likeness (QED) is 0.651. The number of nitrogens with one attached hydrogen (secondary N) is 1. The highest BCUT2D eigenvalue weighted by atomic mass is 35.5. The molecule has 8 heteroatoms. The number of anilines is 1. The van der Waals surface area contributed by atoms with E-state index < -0.39 is 30.0 Å². The van der Waals surface area contributed by atoms with Crippen molar-refractivity contribution in [3.8, 4) is 0 Å². The summed E-state index contributed by atoms with van der Waals surface area (Å²) in [5.74, 6) is 0. The fraction of sp³-hybridized carbons (Fsp3) is 0.625. The van der Waals surface area contributed by atoms with Crippen LogP contribution in [-0.4, -0.2) is 35.0 Å². The van der Waals surface area contributed by atoms with Crippen LogP contribution >= 0.6 is 11.6 Å². The molecule has 1 aromatic heterocycles. The number of amides is 1. The predicted octanol–water partition coefficient (Wildman–Crippen LogP) is 3.38. The smallest absolute Gasteiger partial charge is 0.444 e. The molecule has 1 fully saturated rings. The Morgan fingerprint density at radius 2 is 1.79 bits per heavy atom. The highest BCUT2D eigenvalue weighted by Crippen LogP contribution is 2.37. The summed E-state index contributed by atoms with van der Waals surface area (Å²) < 4.78 is 17.3. The van der Waals surface area contributed by atoms with Crippen LogP contribution in [-0.2, 0) is 14.0 Å². The number of halogens is 1. The first-order valence-electron chi connectivity index (χ1n) is 7.82. The molecule has 0 bridgehead atoms. The van der Waals surface area contributed by atoms with E-state index in [4.69, 9.17) is 25.6 Å². The molecule has 0 aromatic carbocycles. The second-order valence-corrected chi connectivity index (χ2v) is 8.20. The van der Waals surface area contributed by atoms with E-state index in [1.54, 1.807) is 26.8 Å². The molecule has 1 N–H and O–H groups in total. The summed E-state index contributed by atoms with van der Waals surface area (Å²) in [6, 6.07) is 1.62. The molecule has 132 valence electrons. The maximum absolute atomic E-state index is 12.1. The van der Waals surface area contributed by atoms with E-state index in [1.165, 1.54) is 6.20 Å². The maximum atomic E-state index is 12.1. The maximum Gasteiger partial charge on any atom is 0.497 e. The summed E-state index contributed by atoms with van der Waals surface area (Å²) >= 11 is 6.01. The van der Waals surface area contributed by atoms with Gasteiger partial charge in [0.1, 0.15) is 10.8 Å². The lowest BCUT2D eigenvalue weighted by molar-refractivity contribution is 0.00578. The molecule has 0 unspecified atom stereocenters. The lowest BCUT2D eigenvalue weighted by Crippen LogP contribution is -2.41. The van der Waals surface area contributed by atoms with Crippen LogP contribution in [0.15, 0.2) is 12.3 Å². The minimum absolute atomic E-state index is 0.287. The standard InChI is InChI=1S/C16H24BClN2O4/c1-14(2,3)22-13(21)20-11-9-19-12(18)8-10(11)17-23-15(4,5)16(6,7)24-17/h8-9H,1-7H3,(H,20,21). The van der Waals surface area contributed by atoms with E-state index in [0.717, 1.165) is 0 Å². The molecule has 1 aromatic rings. The number of ether oxygens (including phenoxy) is 1. The Bertz CT molecular complexity index is 627. The summed E-state index contributed by atoms with van der Waals surface area (Å²) in [5, 5.41) is 2.97. The van der Waals surface area contributed by atoms with Crippen molar-refractivity contribution < 1.29 is 18.8 Å². The first kappa shape index (κ1) is 19.0. The van der Waals surface area contributed by atoms with Crippen molar-refractivity contribution in [2.24, 2.45) is 0 Å². The number of aromatic nitrogens is 1. The fourth-order valence-corrected chi connectivity index (χ4v) is 2.29. The fourth-order valence-electron chi connectivity index (χ4n) is 2.13. The van der Waals surface area contributed by atoms with Crippen LogP contribution in [0.25, 0.3) is 0 Å². The van der Waals surface area contributed by atoms with E-state index >= 15 is 0 Å². The van der Waals surface area contributed by atoms with Crippen molar-refractivity contribution in [2.75, 3.05) is 5.32 Å². The molecule has 1 amide bonds. The SMILES string of the molecule is CC(C)(C)OC(=O)Nc1cnc(Cl)cc1B1OC(C)(C)C(C)(C)O1. The van der Waals surface area contributed by atoms with Gasteiger partial charge in [0.15, 0.2) is 0 Å². The van der Waals surface area contributed by atoms with Crippen LogP contribution in [0, 0.1) is 0 Å². The van der Waals surface area contributed by atoms with Gasteiger partial charge in [0.25, 0.3) is 0 Å². The number of carbonyl (C=O) groups excluding carboxylic acids is 1. The number of pyridine rings is 1. The normalized spacial score (nSPS) is 19.2. The van der Waals surface area contributed by atoms with Crippen LogP contribution < -0.4 is 10.8 Å². The Labute approximate surface area is 148 Å². The van der Waals surface area contributed by atoms with Crippen molar-refractivity contribution in [2.45, 2.75) is 65.3 Å². The first-order chi connectivity index (χ1) is 10.8. The molecule has 1 aliphatic heterocycles. The first-order valence-corrected chi connectivity index (χ1v) is 8.20. The van der Waals surface area contributed by atoms with E-state index in [2.05, 4.69) is 10.3 Å².